The first-order valence-corrected chi connectivity index (χ1v) is 11.8. The molecule has 0 amide bonds. The van der Waals surface area contributed by atoms with Gasteiger partial charge in [-0.05, 0) is 50.3 Å². The SMILES string of the molecule is CCOc1cc(CN2CCC3(CC2)C[C@@H](CNS(=O)(=O)C2CC2)O3)ccc1O. The summed E-state index contributed by atoms with van der Waals surface area (Å²) in [5.74, 6) is 0.710. The molecule has 3 fully saturated rings. The van der Waals surface area contributed by atoms with Gasteiger partial charge >= 0.3 is 0 Å². The fourth-order valence-corrected chi connectivity index (χ4v) is 5.62. The molecular weight excluding hydrogens is 380 g/mol. The Morgan fingerprint density at radius 2 is 2.04 bits per heavy atom. The molecule has 28 heavy (non-hydrogen) atoms. The summed E-state index contributed by atoms with van der Waals surface area (Å²) in [6.07, 6.45) is 4.44. The number of ether oxygens (including phenoxy) is 2. The van der Waals surface area contributed by atoms with Crippen LogP contribution in [0, 0.1) is 0 Å². The van der Waals surface area contributed by atoms with Gasteiger partial charge in [0.05, 0.1) is 23.6 Å². The van der Waals surface area contributed by atoms with Gasteiger partial charge in [-0.2, -0.15) is 0 Å². The standard InChI is InChI=1S/C20H30N2O5S/c1-2-26-19-11-15(3-6-18(19)23)14-22-9-7-20(8-10-22)12-16(27-20)13-21-28(24,25)17-4-5-17/h3,6,11,16-17,21,23H,2,4-5,7-10,12-14H2,1H3/t16-/m0/s1. The average molecular weight is 411 g/mol. The number of sulfonamides is 1. The van der Waals surface area contributed by atoms with Crippen LogP contribution in [0.3, 0.4) is 0 Å². The van der Waals surface area contributed by atoms with E-state index in [0.29, 0.717) is 18.9 Å². The summed E-state index contributed by atoms with van der Waals surface area (Å²) in [5, 5.41) is 9.66. The van der Waals surface area contributed by atoms with E-state index in [2.05, 4.69) is 9.62 Å². The normalized spacial score (nSPS) is 24.8. The van der Waals surface area contributed by atoms with Gasteiger partial charge in [-0.15, -0.1) is 0 Å². The molecule has 1 spiro atoms. The summed E-state index contributed by atoms with van der Waals surface area (Å²) in [6, 6.07) is 5.53. The number of benzene rings is 1. The monoisotopic (exact) mass is 410 g/mol. The van der Waals surface area contributed by atoms with Crippen molar-refractivity contribution in [3.8, 4) is 11.5 Å². The minimum Gasteiger partial charge on any atom is -0.504 e. The van der Waals surface area contributed by atoms with Crippen LogP contribution >= 0.6 is 0 Å². The zero-order valence-corrected chi connectivity index (χ0v) is 17.2. The molecule has 0 aromatic heterocycles. The van der Waals surface area contributed by atoms with E-state index in [4.69, 9.17) is 9.47 Å². The van der Waals surface area contributed by atoms with E-state index in [9.17, 15) is 13.5 Å². The number of likely N-dealkylation sites (tertiary alicyclic amines) is 1. The zero-order valence-electron chi connectivity index (χ0n) is 16.4. The summed E-state index contributed by atoms with van der Waals surface area (Å²) in [7, 11) is -3.12. The van der Waals surface area contributed by atoms with E-state index in [1.807, 2.05) is 19.1 Å². The largest absolute Gasteiger partial charge is 0.504 e. The van der Waals surface area contributed by atoms with Crippen molar-refractivity contribution < 1.29 is 23.0 Å². The van der Waals surface area contributed by atoms with E-state index in [-0.39, 0.29) is 22.7 Å². The number of hydrogen-bond donors (Lipinski definition) is 2. The molecule has 1 aromatic rings. The second-order valence-electron chi connectivity index (χ2n) is 8.23. The van der Waals surface area contributed by atoms with Crippen molar-refractivity contribution in [2.24, 2.45) is 0 Å². The molecule has 0 radical (unpaired) electrons. The number of phenolic OH excluding ortho intramolecular Hbond substituents is 1. The molecule has 2 heterocycles. The minimum atomic E-state index is -3.12. The second kappa shape index (κ2) is 7.82. The molecule has 7 nitrogen and oxygen atoms in total. The number of hydrogen-bond acceptors (Lipinski definition) is 6. The number of piperidine rings is 1. The lowest BCUT2D eigenvalue weighted by Crippen LogP contribution is -2.59. The number of nitrogens with zero attached hydrogens (tertiary/aromatic N) is 1. The lowest BCUT2D eigenvalue weighted by molar-refractivity contribution is -0.222. The first kappa shape index (κ1) is 19.9. The molecule has 2 N–H and O–H groups in total. The Bertz CT molecular complexity index is 793. The Kier molecular flexibility index (Phi) is 5.57. The Balaban J connectivity index is 1.22. The molecule has 1 saturated carbocycles. The van der Waals surface area contributed by atoms with Crippen molar-refractivity contribution in [3.63, 3.8) is 0 Å². The Hall–Kier alpha value is -1.35. The molecule has 4 rings (SSSR count). The Labute approximate surface area is 167 Å². The molecule has 2 aliphatic heterocycles. The van der Waals surface area contributed by atoms with E-state index in [0.717, 1.165) is 57.3 Å². The average Bonchev–Trinajstić information content (AvgIpc) is 3.48. The molecule has 156 valence electrons. The van der Waals surface area contributed by atoms with Crippen molar-refractivity contribution in [1.82, 2.24) is 9.62 Å². The first-order valence-electron chi connectivity index (χ1n) is 10.2. The highest BCUT2D eigenvalue weighted by atomic mass is 32.2. The van der Waals surface area contributed by atoms with Gasteiger partial charge < -0.3 is 14.6 Å². The van der Waals surface area contributed by atoms with Gasteiger partial charge in [0.1, 0.15) is 0 Å². The number of rotatable bonds is 8. The molecule has 8 heteroatoms. The van der Waals surface area contributed by atoms with Crippen LogP contribution in [0.5, 0.6) is 11.5 Å². The lowest BCUT2D eigenvalue weighted by Gasteiger charge is -2.52. The van der Waals surface area contributed by atoms with Crippen LogP contribution in [-0.4, -0.2) is 61.6 Å². The highest BCUT2D eigenvalue weighted by molar-refractivity contribution is 7.90. The van der Waals surface area contributed by atoms with E-state index < -0.39 is 10.0 Å². The summed E-state index contributed by atoms with van der Waals surface area (Å²) in [6.45, 7) is 5.55. The molecule has 3 aliphatic rings. The predicted octanol–water partition coefficient (Wildman–Crippen LogP) is 2.00. The topological polar surface area (TPSA) is 88.1 Å². The molecule has 2 saturated heterocycles. The Morgan fingerprint density at radius 1 is 1.32 bits per heavy atom. The molecular formula is C20H30N2O5S. The van der Waals surface area contributed by atoms with E-state index in [1.54, 1.807) is 6.07 Å². The lowest BCUT2D eigenvalue weighted by atomic mass is 9.80. The van der Waals surface area contributed by atoms with Gasteiger partial charge in [0.15, 0.2) is 11.5 Å². The highest BCUT2D eigenvalue weighted by Gasteiger charge is 2.47. The third kappa shape index (κ3) is 4.45. The zero-order chi connectivity index (χ0) is 19.8. The second-order valence-corrected chi connectivity index (χ2v) is 10.3. The highest BCUT2D eigenvalue weighted by Crippen LogP contribution is 2.41. The van der Waals surface area contributed by atoms with Crippen LogP contribution in [-0.2, 0) is 21.3 Å². The van der Waals surface area contributed by atoms with E-state index >= 15 is 0 Å². The van der Waals surface area contributed by atoms with Gasteiger partial charge in [-0.1, -0.05) is 6.07 Å². The molecule has 0 unspecified atom stereocenters. The summed E-state index contributed by atoms with van der Waals surface area (Å²) >= 11 is 0. The third-order valence-corrected chi connectivity index (χ3v) is 7.91. The number of aromatic hydroxyl groups is 1. The summed E-state index contributed by atoms with van der Waals surface area (Å²) in [5.41, 5.74) is 1.05. The van der Waals surface area contributed by atoms with Crippen LogP contribution in [0.4, 0.5) is 0 Å². The third-order valence-electron chi connectivity index (χ3n) is 5.99. The first-order chi connectivity index (χ1) is 13.4. The smallest absolute Gasteiger partial charge is 0.214 e. The fourth-order valence-electron chi connectivity index (χ4n) is 4.20. The molecule has 1 aromatic carbocycles. The van der Waals surface area contributed by atoms with Crippen molar-refractivity contribution in [2.75, 3.05) is 26.2 Å². The van der Waals surface area contributed by atoms with Crippen molar-refractivity contribution in [1.29, 1.82) is 0 Å². The van der Waals surface area contributed by atoms with Gasteiger partial charge in [0.25, 0.3) is 0 Å². The van der Waals surface area contributed by atoms with Crippen LogP contribution in [0.1, 0.15) is 44.6 Å². The van der Waals surface area contributed by atoms with Crippen LogP contribution < -0.4 is 9.46 Å². The molecule has 1 aliphatic carbocycles. The summed E-state index contributed by atoms with van der Waals surface area (Å²) < 4.78 is 38.1. The number of nitrogens with one attached hydrogen (secondary N) is 1. The molecule has 0 bridgehead atoms. The van der Waals surface area contributed by atoms with Crippen LogP contribution in [0.2, 0.25) is 0 Å². The molecule has 1 atom stereocenters. The van der Waals surface area contributed by atoms with Gasteiger partial charge in [-0.3, -0.25) is 4.90 Å². The van der Waals surface area contributed by atoms with Crippen molar-refractivity contribution in [2.45, 2.75) is 62.5 Å². The van der Waals surface area contributed by atoms with Crippen molar-refractivity contribution in [3.05, 3.63) is 23.8 Å². The van der Waals surface area contributed by atoms with Crippen LogP contribution in [0.15, 0.2) is 18.2 Å². The van der Waals surface area contributed by atoms with Gasteiger partial charge in [0, 0.05) is 32.6 Å². The predicted molar refractivity (Wildman–Crippen MR) is 106 cm³/mol. The maximum Gasteiger partial charge on any atom is 0.214 e. The Morgan fingerprint density at radius 3 is 2.68 bits per heavy atom. The number of phenols is 1. The minimum absolute atomic E-state index is 0.00549. The van der Waals surface area contributed by atoms with Crippen molar-refractivity contribution >= 4 is 10.0 Å². The maximum atomic E-state index is 11.9. The summed E-state index contributed by atoms with van der Waals surface area (Å²) in [4.78, 5) is 2.39. The van der Waals surface area contributed by atoms with E-state index in [1.165, 1.54) is 0 Å². The van der Waals surface area contributed by atoms with Crippen LogP contribution in [0.25, 0.3) is 0 Å². The fraction of sp³-hybridized carbons (Fsp3) is 0.700. The quantitative estimate of drug-likeness (QED) is 0.682. The van der Waals surface area contributed by atoms with Gasteiger partial charge in [0.2, 0.25) is 10.0 Å². The van der Waals surface area contributed by atoms with Gasteiger partial charge in [-0.25, -0.2) is 13.1 Å². The maximum absolute atomic E-state index is 11.9.